The minimum absolute atomic E-state index is 0.146. The van der Waals surface area contributed by atoms with Gasteiger partial charge in [0.2, 0.25) is 0 Å². The van der Waals surface area contributed by atoms with Crippen LogP contribution in [0.25, 0.3) is 5.69 Å². The van der Waals surface area contributed by atoms with Gasteiger partial charge in [-0.05, 0) is 24.3 Å². The third-order valence-corrected chi connectivity index (χ3v) is 3.70. The molecule has 4 rings (SSSR count). The van der Waals surface area contributed by atoms with E-state index in [2.05, 4.69) is 21.7 Å². The van der Waals surface area contributed by atoms with E-state index in [1.54, 1.807) is 0 Å². The Balaban J connectivity index is 1.79. The first-order valence-electron chi connectivity index (χ1n) is 6.37. The molecule has 3 nitrogen and oxygen atoms in total. The molecule has 0 N–H and O–H groups in total. The fourth-order valence-electron chi connectivity index (χ4n) is 2.59. The zero-order valence-corrected chi connectivity index (χ0v) is 11.3. The van der Waals surface area contributed by atoms with Crippen LogP contribution >= 0.6 is 11.6 Å². The molecule has 1 atom stereocenters. The van der Waals surface area contributed by atoms with Crippen LogP contribution < -0.4 is 4.74 Å². The number of imidazole rings is 1. The van der Waals surface area contributed by atoms with Crippen LogP contribution in [0.5, 0.6) is 5.75 Å². The lowest BCUT2D eigenvalue weighted by Gasteiger charge is -2.14. The Labute approximate surface area is 121 Å². The second kappa shape index (κ2) is 4.39. The van der Waals surface area contributed by atoms with Gasteiger partial charge in [0.25, 0.3) is 0 Å². The Hall–Kier alpha value is -2.26. The lowest BCUT2D eigenvalue weighted by molar-refractivity contribution is 0.248. The smallest absolute Gasteiger partial charge is 0.168 e. The van der Waals surface area contributed by atoms with Crippen molar-refractivity contribution in [2.45, 2.75) is 6.10 Å². The molecule has 0 radical (unpaired) electrons. The van der Waals surface area contributed by atoms with Crippen molar-refractivity contribution in [1.29, 1.82) is 0 Å². The number of benzene rings is 2. The summed E-state index contributed by atoms with van der Waals surface area (Å²) in [6.45, 7) is 0. The predicted octanol–water partition coefficient (Wildman–Crippen LogP) is 4.01. The van der Waals surface area contributed by atoms with E-state index in [1.807, 2.05) is 48.9 Å². The number of halogens is 1. The van der Waals surface area contributed by atoms with E-state index in [-0.39, 0.29) is 6.10 Å². The summed E-state index contributed by atoms with van der Waals surface area (Å²) in [6.07, 6.45) is 3.51. The molecule has 1 aliphatic heterocycles. The normalized spacial score (nSPS) is 15.8. The predicted molar refractivity (Wildman–Crippen MR) is 77.5 cm³/mol. The fraction of sp³-hybridized carbons (Fsp3) is 0.0625. The molecule has 0 bridgehead atoms. The monoisotopic (exact) mass is 282 g/mol. The summed E-state index contributed by atoms with van der Waals surface area (Å²) in [5, 5.41) is 0.669. The van der Waals surface area contributed by atoms with Crippen LogP contribution in [0.15, 0.2) is 61.1 Å². The molecule has 3 aromatic rings. The van der Waals surface area contributed by atoms with E-state index >= 15 is 0 Å². The van der Waals surface area contributed by atoms with Crippen LogP contribution in [0.2, 0.25) is 5.02 Å². The number of rotatable bonds is 2. The number of aromatic nitrogens is 2. The third kappa shape index (κ3) is 1.71. The van der Waals surface area contributed by atoms with Crippen LogP contribution in [0.4, 0.5) is 0 Å². The first-order chi connectivity index (χ1) is 9.83. The minimum Gasteiger partial charge on any atom is -0.479 e. The van der Waals surface area contributed by atoms with E-state index in [1.165, 1.54) is 0 Å². The molecule has 0 spiro atoms. The van der Waals surface area contributed by atoms with E-state index in [0.717, 1.165) is 22.7 Å². The summed E-state index contributed by atoms with van der Waals surface area (Å²) >= 11 is 6.01. The standard InChI is InChI=1S/C16H11ClN2O/c17-11-4-3-5-12(8-11)20-16-13-6-1-2-7-14(13)19-10-18-9-15(16)19/h1-10,16H. The van der Waals surface area contributed by atoms with Crippen molar-refractivity contribution < 1.29 is 4.74 Å². The first-order valence-corrected chi connectivity index (χ1v) is 6.74. The van der Waals surface area contributed by atoms with Crippen molar-refractivity contribution in [3.8, 4) is 11.4 Å². The topological polar surface area (TPSA) is 27.1 Å². The molecule has 1 aliphatic rings. The highest BCUT2D eigenvalue weighted by Gasteiger charge is 2.30. The summed E-state index contributed by atoms with van der Waals surface area (Å²) in [5.74, 6) is 0.756. The molecule has 0 saturated heterocycles. The maximum Gasteiger partial charge on any atom is 0.168 e. The number of ether oxygens (including phenoxy) is 1. The molecule has 2 heterocycles. The van der Waals surface area contributed by atoms with Gasteiger partial charge in [-0.2, -0.15) is 0 Å². The second-order valence-corrected chi connectivity index (χ2v) is 5.14. The third-order valence-electron chi connectivity index (χ3n) is 3.46. The molecule has 1 aromatic heterocycles. The number of para-hydroxylation sites is 1. The summed E-state index contributed by atoms with van der Waals surface area (Å²) in [4.78, 5) is 4.21. The van der Waals surface area contributed by atoms with Crippen molar-refractivity contribution >= 4 is 11.6 Å². The summed E-state index contributed by atoms with van der Waals surface area (Å²) < 4.78 is 8.18. The summed E-state index contributed by atoms with van der Waals surface area (Å²) in [7, 11) is 0. The van der Waals surface area contributed by atoms with Crippen LogP contribution in [-0.2, 0) is 0 Å². The zero-order valence-electron chi connectivity index (χ0n) is 10.5. The molecular formula is C16H11ClN2O. The van der Waals surface area contributed by atoms with Gasteiger partial charge in [-0.25, -0.2) is 4.98 Å². The molecule has 20 heavy (non-hydrogen) atoms. The van der Waals surface area contributed by atoms with Crippen molar-refractivity contribution in [1.82, 2.24) is 9.55 Å². The van der Waals surface area contributed by atoms with Crippen LogP contribution in [0.1, 0.15) is 17.4 Å². The minimum atomic E-state index is -0.146. The maximum absolute atomic E-state index is 6.12. The quantitative estimate of drug-likeness (QED) is 0.710. The first kappa shape index (κ1) is 11.6. The largest absolute Gasteiger partial charge is 0.479 e. The Morgan fingerprint density at radius 3 is 2.90 bits per heavy atom. The Morgan fingerprint density at radius 2 is 2.00 bits per heavy atom. The highest BCUT2D eigenvalue weighted by molar-refractivity contribution is 6.30. The van der Waals surface area contributed by atoms with Crippen molar-refractivity contribution in [2.24, 2.45) is 0 Å². The van der Waals surface area contributed by atoms with Crippen molar-refractivity contribution in [2.75, 3.05) is 0 Å². The number of hydrogen-bond donors (Lipinski definition) is 0. The Morgan fingerprint density at radius 1 is 1.10 bits per heavy atom. The molecule has 2 aromatic carbocycles. The lowest BCUT2D eigenvalue weighted by atomic mass is 10.1. The van der Waals surface area contributed by atoms with Gasteiger partial charge in [0.05, 0.1) is 23.9 Å². The van der Waals surface area contributed by atoms with Crippen molar-refractivity contribution in [3.05, 3.63) is 77.3 Å². The van der Waals surface area contributed by atoms with Crippen molar-refractivity contribution in [3.63, 3.8) is 0 Å². The molecular weight excluding hydrogens is 272 g/mol. The molecule has 4 heteroatoms. The second-order valence-electron chi connectivity index (χ2n) is 4.70. The molecule has 0 aliphatic carbocycles. The van der Waals surface area contributed by atoms with E-state index in [9.17, 15) is 0 Å². The van der Waals surface area contributed by atoms with E-state index < -0.39 is 0 Å². The average Bonchev–Trinajstić information content (AvgIpc) is 3.03. The van der Waals surface area contributed by atoms with Gasteiger partial charge < -0.3 is 4.74 Å². The van der Waals surface area contributed by atoms with E-state index in [4.69, 9.17) is 16.3 Å². The summed E-state index contributed by atoms with van der Waals surface area (Å²) in [6, 6.07) is 15.6. The van der Waals surface area contributed by atoms with Gasteiger partial charge in [0.15, 0.2) is 6.10 Å². The highest BCUT2D eigenvalue weighted by atomic mass is 35.5. The van der Waals surface area contributed by atoms with Crippen LogP contribution in [0.3, 0.4) is 0 Å². The maximum atomic E-state index is 6.12. The zero-order chi connectivity index (χ0) is 13.5. The average molecular weight is 283 g/mol. The number of fused-ring (bicyclic) bond motifs is 3. The Bertz CT molecular complexity index is 781. The lowest BCUT2D eigenvalue weighted by Crippen LogP contribution is -2.06. The number of hydrogen-bond acceptors (Lipinski definition) is 2. The van der Waals surface area contributed by atoms with Gasteiger partial charge in [-0.1, -0.05) is 35.9 Å². The molecule has 0 saturated carbocycles. The van der Waals surface area contributed by atoms with Gasteiger partial charge in [-0.15, -0.1) is 0 Å². The molecule has 0 fully saturated rings. The van der Waals surface area contributed by atoms with Gasteiger partial charge >= 0.3 is 0 Å². The van der Waals surface area contributed by atoms with Gasteiger partial charge in [0, 0.05) is 10.6 Å². The SMILES string of the molecule is Clc1cccc(OC2c3ccccc3-n3cncc32)c1. The highest BCUT2D eigenvalue weighted by Crippen LogP contribution is 2.38. The van der Waals surface area contributed by atoms with Crippen LogP contribution in [0, 0.1) is 0 Å². The van der Waals surface area contributed by atoms with Gasteiger partial charge in [-0.3, -0.25) is 4.57 Å². The Kier molecular flexibility index (Phi) is 2.54. The van der Waals surface area contributed by atoms with Gasteiger partial charge in [0.1, 0.15) is 5.75 Å². The molecule has 1 unspecified atom stereocenters. The number of nitrogens with zero attached hydrogens (tertiary/aromatic N) is 2. The fourth-order valence-corrected chi connectivity index (χ4v) is 2.77. The molecule has 0 amide bonds. The van der Waals surface area contributed by atoms with Crippen LogP contribution in [-0.4, -0.2) is 9.55 Å². The molecule has 98 valence electrons. The summed E-state index contributed by atoms with van der Waals surface area (Å²) in [5.41, 5.74) is 3.29. The van der Waals surface area contributed by atoms with E-state index in [0.29, 0.717) is 5.02 Å².